The predicted molar refractivity (Wildman–Crippen MR) is 64.1 cm³/mol. The lowest BCUT2D eigenvalue weighted by Gasteiger charge is -2.24. The van der Waals surface area contributed by atoms with Crippen LogP contribution in [0, 0.1) is 0 Å². The predicted octanol–water partition coefficient (Wildman–Crippen LogP) is 2.00. The van der Waals surface area contributed by atoms with Crippen LogP contribution in [0.3, 0.4) is 0 Å². The van der Waals surface area contributed by atoms with Gasteiger partial charge in [-0.05, 0) is 26.8 Å². The quantitative estimate of drug-likeness (QED) is 0.469. The van der Waals surface area contributed by atoms with Crippen molar-refractivity contribution < 1.29 is 14.6 Å². The molecule has 0 aliphatic rings. The zero-order valence-electron chi connectivity index (χ0n) is 10.3. The van der Waals surface area contributed by atoms with Crippen LogP contribution in [0.2, 0.25) is 0 Å². The molecule has 1 amide bonds. The van der Waals surface area contributed by atoms with Crippen LogP contribution in [0.4, 0.5) is 4.79 Å². The number of amides is 1. The molecule has 0 aromatic heterocycles. The summed E-state index contributed by atoms with van der Waals surface area (Å²) in [7, 11) is 0. The van der Waals surface area contributed by atoms with Gasteiger partial charge >= 0.3 is 6.09 Å². The molecular weight excluding hydrogens is 220 g/mol. The molecule has 1 aromatic carbocycles. The molecule has 5 nitrogen and oxygen atoms in total. The van der Waals surface area contributed by atoms with Gasteiger partial charge in [0.25, 0.3) is 0 Å². The zero-order chi connectivity index (χ0) is 13.1. The lowest BCUT2D eigenvalue weighted by Crippen LogP contribution is -2.40. The Morgan fingerprint density at radius 1 is 1.41 bits per heavy atom. The molecule has 0 fully saturated rings. The molecule has 0 bridgehead atoms. The Morgan fingerprint density at radius 3 is 2.53 bits per heavy atom. The Balaban J connectivity index is 2.64. The second-order valence-electron chi connectivity index (χ2n) is 4.74. The first-order chi connectivity index (χ1) is 7.79. The normalized spacial score (nSPS) is 11.1. The van der Waals surface area contributed by atoms with E-state index >= 15 is 0 Å². The van der Waals surface area contributed by atoms with Gasteiger partial charge in [0.2, 0.25) is 0 Å². The number of aromatic hydroxyl groups is 1. The standard InChI is InChI=1S/C12H18N2O3/c1-12(2,3)17-11(16)14(13)8-9-6-4-5-7-10(9)15/h4-7,15H,8,13H2,1-3H3. The monoisotopic (exact) mass is 238 g/mol. The van der Waals surface area contributed by atoms with Crippen molar-refractivity contribution in [3.8, 4) is 5.75 Å². The Hall–Kier alpha value is -1.75. The summed E-state index contributed by atoms with van der Waals surface area (Å²) in [5, 5.41) is 10.5. The Kier molecular flexibility index (Phi) is 3.96. The number of carbonyl (C=O) groups is 1. The maximum atomic E-state index is 11.6. The molecule has 0 saturated heterocycles. The number of hydrazine groups is 1. The third-order valence-electron chi connectivity index (χ3n) is 1.96. The number of para-hydroxylation sites is 1. The highest BCUT2D eigenvalue weighted by Crippen LogP contribution is 2.17. The van der Waals surface area contributed by atoms with E-state index in [1.165, 1.54) is 6.07 Å². The van der Waals surface area contributed by atoms with Crippen molar-refractivity contribution in [2.45, 2.75) is 32.9 Å². The minimum Gasteiger partial charge on any atom is -0.508 e. The number of rotatable bonds is 2. The Morgan fingerprint density at radius 2 is 2.00 bits per heavy atom. The van der Waals surface area contributed by atoms with Crippen molar-refractivity contribution in [2.24, 2.45) is 5.84 Å². The average molecular weight is 238 g/mol. The topological polar surface area (TPSA) is 75.8 Å². The van der Waals surface area contributed by atoms with Gasteiger partial charge in [-0.15, -0.1) is 0 Å². The number of hydrogen-bond acceptors (Lipinski definition) is 4. The van der Waals surface area contributed by atoms with Gasteiger partial charge in [-0.1, -0.05) is 18.2 Å². The fourth-order valence-electron chi connectivity index (χ4n) is 1.21. The van der Waals surface area contributed by atoms with Crippen LogP contribution in [0.15, 0.2) is 24.3 Å². The molecule has 0 aliphatic heterocycles. The van der Waals surface area contributed by atoms with Crippen molar-refractivity contribution in [2.75, 3.05) is 0 Å². The van der Waals surface area contributed by atoms with Crippen LogP contribution >= 0.6 is 0 Å². The minimum absolute atomic E-state index is 0.0988. The number of phenolic OH excluding ortho intramolecular Hbond substituents is 1. The molecule has 1 rings (SSSR count). The van der Waals surface area contributed by atoms with Gasteiger partial charge in [-0.3, -0.25) is 0 Å². The summed E-state index contributed by atoms with van der Waals surface area (Å²) in [6, 6.07) is 6.70. The smallest absolute Gasteiger partial charge is 0.424 e. The Labute approximate surface area is 101 Å². The molecule has 0 spiro atoms. The number of nitrogens with two attached hydrogens (primary N) is 1. The van der Waals surface area contributed by atoms with Gasteiger partial charge in [-0.25, -0.2) is 15.6 Å². The van der Waals surface area contributed by atoms with E-state index in [9.17, 15) is 9.90 Å². The van der Waals surface area contributed by atoms with E-state index in [0.717, 1.165) is 5.01 Å². The van der Waals surface area contributed by atoms with Gasteiger partial charge in [0.1, 0.15) is 11.4 Å². The molecule has 0 radical (unpaired) electrons. The van der Waals surface area contributed by atoms with E-state index in [2.05, 4.69) is 0 Å². The van der Waals surface area contributed by atoms with Gasteiger partial charge in [-0.2, -0.15) is 0 Å². The summed E-state index contributed by atoms with van der Waals surface area (Å²) in [4.78, 5) is 11.6. The number of benzene rings is 1. The molecule has 5 heteroatoms. The first-order valence-corrected chi connectivity index (χ1v) is 5.31. The summed E-state index contributed by atoms with van der Waals surface area (Å²) in [6.45, 7) is 5.39. The summed E-state index contributed by atoms with van der Waals surface area (Å²) < 4.78 is 5.09. The second-order valence-corrected chi connectivity index (χ2v) is 4.74. The summed E-state index contributed by atoms with van der Waals surface area (Å²) >= 11 is 0. The van der Waals surface area contributed by atoms with Crippen molar-refractivity contribution in [1.82, 2.24) is 5.01 Å². The van der Waals surface area contributed by atoms with E-state index < -0.39 is 11.7 Å². The van der Waals surface area contributed by atoms with Crippen molar-refractivity contribution in [3.63, 3.8) is 0 Å². The first-order valence-electron chi connectivity index (χ1n) is 5.31. The van der Waals surface area contributed by atoms with E-state index in [1.54, 1.807) is 39.0 Å². The van der Waals surface area contributed by atoms with Crippen LogP contribution in [0.1, 0.15) is 26.3 Å². The molecule has 0 unspecified atom stereocenters. The summed E-state index contributed by atoms with van der Waals surface area (Å²) in [5.74, 6) is 5.68. The van der Waals surface area contributed by atoms with Crippen LogP contribution < -0.4 is 5.84 Å². The van der Waals surface area contributed by atoms with Gasteiger partial charge in [0, 0.05) is 5.56 Å². The molecule has 94 valence electrons. The number of phenols is 1. The van der Waals surface area contributed by atoms with Crippen molar-refractivity contribution >= 4 is 6.09 Å². The molecular formula is C12H18N2O3. The van der Waals surface area contributed by atoms with Crippen molar-refractivity contribution in [1.29, 1.82) is 0 Å². The SMILES string of the molecule is CC(C)(C)OC(=O)N(N)Cc1ccccc1O. The van der Waals surface area contributed by atoms with Crippen LogP contribution in [0.25, 0.3) is 0 Å². The lowest BCUT2D eigenvalue weighted by molar-refractivity contribution is 0.0230. The number of ether oxygens (including phenoxy) is 1. The third-order valence-corrected chi connectivity index (χ3v) is 1.96. The van der Waals surface area contributed by atoms with E-state index in [0.29, 0.717) is 5.56 Å². The van der Waals surface area contributed by atoms with Crippen LogP contribution in [-0.2, 0) is 11.3 Å². The highest BCUT2D eigenvalue weighted by atomic mass is 16.6. The third kappa shape index (κ3) is 4.32. The molecule has 3 N–H and O–H groups in total. The zero-order valence-corrected chi connectivity index (χ0v) is 10.3. The van der Waals surface area contributed by atoms with Crippen LogP contribution in [0.5, 0.6) is 5.75 Å². The van der Waals surface area contributed by atoms with Crippen LogP contribution in [-0.4, -0.2) is 21.8 Å². The van der Waals surface area contributed by atoms with E-state index in [1.807, 2.05) is 0 Å². The lowest BCUT2D eigenvalue weighted by atomic mass is 10.2. The molecule has 0 saturated carbocycles. The van der Waals surface area contributed by atoms with Gasteiger partial charge in [0.05, 0.1) is 6.54 Å². The molecule has 0 heterocycles. The Bertz CT molecular complexity index is 399. The molecule has 0 atom stereocenters. The molecule has 0 aliphatic carbocycles. The average Bonchev–Trinajstić information content (AvgIpc) is 2.18. The second kappa shape index (κ2) is 5.05. The van der Waals surface area contributed by atoms with Crippen molar-refractivity contribution in [3.05, 3.63) is 29.8 Å². The number of hydrogen-bond donors (Lipinski definition) is 2. The minimum atomic E-state index is -0.624. The maximum absolute atomic E-state index is 11.6. The summed E-state index contributed by atoms with van der Waals surface area (Å²) in [5.41, 5.74) is -0.0196. The van der Waals surface area contributed by atoms with Gasteiger partial charge < -0.3 is 9.84 Å². The molecule has 1 aromatic rings. The van der Waals surface area contributed by atoms with E-state index in [4.69, 9.17) is 10.6 Å². The van der Waals surface area contributed by atoms with E-state index in [-0.39, 0.29) is 12.3 Å². The highest BCUT2D eigenvalue weighted by molar-refractivity contribution is 5.67. The fraction of sp³-hybridized carbons (Fsp3) is 0.417. The first kappa shape index (κ1) is 13.3. The number of carbonyl (C=O) groups excluding carboxylic acids is 1. The number of nitrogens with zero attached hydrogens (tertiary/aromatic N) is 1. The maximum Gasteiger partial charge on any atom is 0.424 e. The van der Waals surface area contributed by atoms with Gasteiger partial charge in [0.15, 0.2) is 0 Å². The highest BCUT2D eigenvalue weighted by Gasteiger charge is 2.20. The molecule has 17 heavy (non-hydrogen) atoms. The summed E-state index contributed by atoms with van der Waals surface area (Å²) in [6.07, 6.45) is -0.624. The largest absolute Gasteiger partial charge is 0.508 e. The fourth-order valence-corrected chi connectivity index (χ4v) is 1.21.